The quantitative estimate of drug-likeness (QED) is 0.874. The number of sulfonamides is 1. The lowest BCUT2D eigenvalue weighted by atomic mass is 9.93. The third-order valence-electron chi connectivity index (χ3n) is 5.51. The third-order valence-corrected chi connectivity index (χ3v) is 7.48. The molecule has 8 heteroatoms. The number of carbonyl (C=O) groups is 1. The molecule has 2 heterocycles. The molecular weight excluding hydrogens is 340 g/mol. The van der Waals surface area contributed by atoms with Crippen molar-refractivity contribution in [3.8, 4) is 0 Å². The van der Waals surface area contributed by atoms with Crippen LogP contribution in [0, 0.1) is 12.8 Å². The summed E-state index contributed by atoms with van der Waals surface area (Å²) in [6.07, 6.45) is 8.50. The fourth-order valence-corrected chi connectivity index (χ4v) is 5.52. The zero-order chi connectivity index (χ0) is 18.0. The van der Waals surface area contributed by atoms with E-state index >= 15 is 0 Å². The molecule has 2 fully saturated rings. The Labute approximate surface area is 149 Å². The van der Waals surface area contributed by atoms with Gasteiger partial charge in [-0.25, -0.2) is 8.42 Å². The van der Waals surface area contributed by atoms with Crippen LogP contribution in [0.1, 0.15) is 50.6 Å². The maximum Gasteiger partial charge on any atom is 0.246 e. The molecule has 1 aliphatic heterocycles. The second-order valence-electron chi connectivity index (χ2n) is 7.26. The van der Waals surface area contributed by atoms with Crippen LogP contribution in [0.5, 0.6) is 0 Å². The molecule has 25 heavy (non-hydrogen) atoms. The van der Waals surface area contributed by atoms with Gasteiger partial charge in [-0.1, -0.05) is 19.3 Å². The molecule has 0 spiro atoms. The summed E-state index contributed by atoms with van der Waals surface area (Å²) < 4.78 is 28.9. The van der Waals surface area contributed by atoms with Crippen LogP contribution in [0.4, 0.5) is 0 Å². The number of aromatic nitrogens is 2. The molecule has 0 unspecified atom stereocenters. The minimum Gasteiger partial charge on any atom is -0.353 e. The van der Waals surface area contributed by atoms with Gasteiger partial charge >= 0.3 is 0 Å². The fraction of sp³-hybridized carbons (Fsp3) is 0.765. The maximum atomic E-state index is 12.9. The molecule has 140 valence electrons. The van der Waals surface area contributed by atoms with Crippen molar-refractivity contribution in [3.63, 3.8) is 0 Å². The summed E-state index contributed by atoms with van der Waals surface area (Å²) in [5, 5.41) is 7.18. The van der Waals surface area contributed by atoms with Crippen LogP contribution in [-0.2, 0) is 21.9 Å². The largest absolute Gasteiger partial charge is 0.353 e. The van der Waals surface area contributed by atoms with E-state index in [0.29, 0.717) is 18.7 Å². The zero-order valence-corrected chi connectivity index (χ0v) is 15.9. The number of nitrogens with one attached hydrogen (secondary N) is 1. The van der Waals surface area contributed by atoms with Crippen LogP contribution in [0.2, 0.25) is 0 Å². The molecule has 0 radical (unpaired) electrons. The third kappa shape index (κ3) is 3.89. The molecule has 1 N–H and O–H groups in total. The Hall–Kier alpha value is -1.41. The van der Waals surface area contributed by atoms with Gasteiger partial charge in [0.1, 0.15) is 4.90 Å². The summed E-state index contributed by atoms with van der Waals surface area (Å²) in [6, 6.07) is 0.258. The Kier molecular flexibility index (Phi) is 5.48. The molecule has 1 saturated carbocycles. The van der Waals surface area contributed by atoms with Crippen molar-refractivity contribution in [1.82, 2.24) is 19.4 Å². The van der Waals surface area contributed by atoms with E-state index in [9.17, 15) is 13.2 Å². The van der Waals surface area contributed by atoms with E-state index in [1.165, 1.54) is 16.9 Å². The van der Waals surface area contributed by atoms with E-state index in [-0.39, 0.29) is 29.3 Å². The second-order valence-corrected chi connectivity index (χ2v) is 9.17. The average Bonchev–Trinajstić information content (AvgIpc) is 2.95. The first-order valence-electron chi connectivity index (χ1n) is 9.18. The van der Waals surface area contributed by atoms with Crippen LogP contribution in [0.3, 0.4) is 0 Å². The average molecular weight is 369 g/mol. The van der Waals surface area contributed by atoms with E-state index in [1.54, 1.807) is 18.7 Å². The van der Waals surface area contributed by atoms with E-state index < -0.39 is 10.0 Å². The predicted molar refractivity (Wildman–Crippen MR) is 94.4 cm³/mol. The Morgan fingerprint density at radius 2 is 1.92 bits per heavy atom. The number of carbonyl (C=O) groups excluding carboxylic acids is 1. The lowest BCUT2D eigenvalue weighted by Gasteiger charge is -2.32. The normalized spacial score (nSPS) is 23.5. The topological polar surface area (TPSA) is 84.3 Å². The minimum atomic E-state index is -3.60. The number of rotatable bonds is 4. The number of hydrogen-bond acceptors (Lipinski definition) is 4. The molecule has 2 aliphatic rings. The van der Waals surface area contributed by atoms with Crippen LogP contribution in [-0.4, -0.2) is 47.5 Å². The molecule has 1 atom stereocenters. The SMILES string of the molecule is Cc1c(S(=O)(=O)N2CCC[C@@H](C(=O)NC3CCCCC3)C2)cnn1C. The first-order chi connectivity index (χ1) is 11.9. The molecule has 0 aromatic carbocycles. The van der Waals surface area contributed by atoms with E-state index in [4.69, 9.17) is 0 Å². The van der Waals surface area contributed by atoms with Gasteiger partial charge in [-0.05, 0) is 32.6 Å². The van der Waals surface area contributed by atoms with E-state index in [1.807, 2.05) is 0 Å². The van der Waals surface area contributed by atoms with Gasteiger partial charge in [0.25, 0.3) is 0 Å². The maximum absolute atomic E-state index is 12.9. The van der Waals surface area contributed by atoms with E-state index in [2.05, 4.69) is 10.4 Å². The molecule has 1 aromatic heterocycles. The molecule has 1 amide bonds. The zero-order valence-electron chi connectivity index (χ0n) is 15.1. The summed E-state index contributed by atoms with van der Waals surface area (Å²) in [7, 11) is -1.87. The van der Waals surface area contributed by atoms with Crippen LogP contribution >= 0.6 is 0 Å². The first-order valence-corrected chi connectivity index (χ1v) is 10.6. The van der Waals surface area contributed by atoms with Gasteiger partial charge in [0.2, 0.25) is 15.9 Å². The lowest BCUT2D eigenvalue weighted by molar-refractivity contribution is -0.127. The molecular formula is C17H28N4O3S. The number of amides is 1. The number of aryl methyl sites for hydroxylation is 1. The summed E-state index contributed by atoms with van der Waals surface area (Å²) in [5.74, 6) is -0.253. The molecule has 1 aromatic rings. The van der Waals surface area contributed by atoms with Crippen LogP contribution in [0.25, 0.3) is 0 Å². The van der Waals surface area contributed by atoms with Crippen molar-refractivity contribution in [1.29, 1.82) is 0 Å². The fourth-order valence-electron chi connectivity index (χ4n) is 3.81. The lowest BCUT2D eigenvalue weighted by Crippen LogP contribution is -2.47. The highest BCUT2D eigenvalue weighted by molar-refractivity contribution is 7.89. The second kappa shape index (κ2) is 7.45. The van der Waals surface area contributed by atoms with Gasteiger partial charge in [-0.3, -0.25) is 9.48 Å². The van der Waals surface area contributed by atoms with Gasteiger partial charge in [-0.2, -0.15) is 9.40 Å². The van der Waals surface area contributed by atoms with E-state index in [0.717, 1.165) is 32.1 Å². The molecule has 1 saturated heterocycles. The Balaban J connectivity index is 1.68. The molecule has 3 rings (SSSR count). The summed E-state index contributed by atoms with van der Waals surface area (Å²) >= 11 is 0. The van der Waals surface area contributed by atoms with Gasteiger partial charge in [0.05, 0.1) is 17.8 Å². The predicted octanol–water partition coefficient (Wildman–Crippen LogP) is 1.58. The Bertz CT molecular complexity index is 722. The molecule has 0 bridgehead atoms. The van der Waals surface area contributed by atoms with Crippen molar-refractivity contribution in [2.75, 3.05) is 13.1 Å². The number of nitrogens with zero attached hydrogens (tertiary/aromatic N) is 3. The number of hydrogen-bond donors (Lipinski definition) is 1. The molecule has 1 aliphatic carbocycles. The smallest absolute Gasteiger partial charge is 0.246 e. The van der Waals surface area contributed by atoms with Gasteiger partial charge in [-0.15, -0.1) is 0 Å². The highest BCUT2D eigenvalue weighted by atomic mass is 32.2. The highest BCUT2D eigenvalue weighted by Crippen LogP contribution is 2.26. The highest BCUT2D eigenvalue weighted by Gasteiger charge is 2.35. The molecule has 7 nitrogen and oxygen atoms in total. The summed E-state index contributed by atoms with van der Waals surface area (Å²) in [6.45, 7) is 2.47. The van der Waals surface area contributed by atoms with Crippen molar-refractivity contribution in [3.05, 3.63) is 11.9 Å². The van der Waals surface area contributed by atoms with Gasteiger partial charge in [0, 0.05) is 26.2 Å². The van der Waals surface area contributed by atoms with Crippen molar-refractivity contribution >= 4 is 15.9 Å². The van der Waals surface area contributed by atoms with Crippen molar-refractivity contribution in [2.24, 2.45) is 13.0 Å². The Morgan fingerprint density at radius 3 is 2.56 bits per heavy atom. The number of piperidine rings is 1. The van der Waals surface area contributed by atoms with Crippen LogP contribution < -0.4 is 5.32 Å². The first kappa shape index (κ1) is 18.4. The minimum absolute atomic E-state index is 0.00899. The standard InChI is InChI=1S/C17H28N4O3S/c1-13-16(11-18-20(13)2)25(23,24)21-10-6-7-14(12-21)17(22)19-15-8-4-3-5-9-15/h11,14-15H,3-10,12H2,1-2H3,(H,19,22)/t14-/m1/s1. The van der Waals surface area contributed by atoms with Crippen molar-refractivity contribution in [2.45, 2.75) is 62.8 Å². The van der Waals surface area contributed by atoms with Gasteiger partial charge < -0.3 is 5.32 Å². The van der Waals surface area contributed by atoms with Gasteiger partial charge in [0.15, 0.2) is 0 Å². The Morgan fingerprint density at radius 1 is 1.20 bits per heavy atom. The van der Waals surface area contributed by atoms with Crippen LogP contribution in [0.15, 0.2) is 11.1 Å². The van der Waals surface area contributed by atoms with Crippen molar-refractivity contribution < 1.29 is 13.2 Å². The monoisotopic (exact) mass is 368 g/mol. The summed E-state index contributed by atoms with van der Waals surface area (Å²) in [4.78, 5) is 12.8. The summed E-state index contributed by atoms with van der Waals surface area (Å²) in [5.41, 5.74) is 0.619.